The van der Waals surface area contributed by atoms with Crippen LogP contribution in [-0.2, 0) is 0 Å². The zero-order chi connectivity index (χ0) is 16.5. The predicted molar refractivity (Wildman–Crippen MR) is 93.6 cm³/mol. The molecule has 0 saturated heterocycles. The van der Waals surface area contributed by atoms with E-state index in [9.17, 15) is 0 Å². The highest BCUT2D eigenvalue weighted by Gasteiger charge is 2.10. The van der Waals surface area contributed by atoms with Crippen molar-refractivity contribution in [1.82, 2.24) is 24.7 Å². The molecule has 0 saturated carbocycles. The summed E-state index contributed by atoms with van der Waals surface area (Å²) in [7, 11) is 0. The second kappa shape index (κ2) is 5.73. The van der Waals surface area contributed by atoms with Gasteiger partial charge in [0.05, 0.1) is 11.9 Å². The summed E-state index contributed by atoms with van der Waals surface area (Å²) in [6.07, 6.45) is 3.37. The van der Waals surface area contributed by atoms with E-state index in [1.807, 2.05) is 38.1 Å². The molecule has 0 bridgehead atoms. The Morgan fingerprint density at radius 1 is 1.00 bits per heavy atom. The molecular weight excluding hydrogens is 300 g/mol. The predicted octanol–water partition coefficient (Wildman–Crippen LogP) is 3.12. The number of aryl methyl sites for hydroxylation is 2. The standard InChI is InChI=1S/C18H16N6/c1-13-9-14(2)24(22-13)18-21-19-12-23(18)20-11-15-7-8-16-5-3-4-6-17(16)10-15/h3-12H,1-2H3/b20-11-. The van der Waals surface area contributed by atoms with Crippen LogP contribution in [0, 0.1) is 13.8 Å². The Hall–Kier alpha value is -3.28. The molecule has 2 heterocycles. The topological polar surface area (TPSA) is 60.9 Å². The van der Waals surface area contributed by atoms with Crippen LogP contribution in [0.3, 0.4) is 0 Å². The molecule has 4 aromatic rings. The van der Waals surface area contributed by atoms with Crippen LogP contribution in [0.5, 0.6) is 0 Å². The van der Waals surface area contributed by atoms with E-state index in [4.69, 9.17) is 0 Å². The third kappa shape index (κ3) is 2.58. The van der Waals surface area contributed by atoms with Gasteiger partial charge in [0.15, 0.2) is 0 Å². The van der Waals surface area contributed by atoms with Crippen LogP contribution >= 0.6 is 0 Å². The number of rotatable bonds is 3. The first kappa shape index (κ1) is 14.3. The molecule has 0 unspecified atom stereocenters. The van der Waals surface area contributed by atoms with Crippen LogP contribution in [0.15, 0.2) is 60.0 Å². The second-order valence-corrected chi connectivity index (χ2v) is 5.67. The summed E-state index contributed by atoms with van der Waals surface area (Å²) in [5, 5.41) is 19.4. The van der Waals surface area contributed by atoms with Gasteiger partial charge in [0.1, 0.15) is 6.33 Å². The van der Waals surface area contributed by atoms with Gasteiger partial charge in [-0.25, -0.2) is 4.68 Å². The molecule has 0 atom stereocenters. The summed E-state index contributed by atoms with van der Waals surface area (Å²) in [5.74, 6) is 0.567. The molecule has 0 aliphatic carbocycles. The molecule has 4 rings (SSSR count). The van der Waals surface area contributed by atoms with E-state index in [1.54, 1.807) is 21.9 Å². The lowest BCUT2D eigenvalue weighted by molar-refractivity contribution is 0.717. The minimum Gasteiger partial charge on any atom is -0.202 e. The van der Waals surface area contributed by atoms with E-state index >= 15 is 0 Å². The highest BCUT2D eigenvalue weighted by molar-refractivity contribution is 5.90. The lowest BCUT2D eigenvalue weighted by Gasteiger charge is -2.03. The third-order valence-corrected chi connectivity index (χ3v) is 3.82. The monoisotopic (exact) mass is 316 g/mol. The normalized spacial score (nSPS) is 11.6. The van der Waals surface area contributed by atoms with Crippen molar-refractivity contribution in [2.45, 2.75) is 13.8 Å². The fraction of sp³-hybridized carbons (Fsp3) is 0.111. The SMILES string of the molecule is Cc1cc(C)n(-c2nncn2/N=C\c2ccc3ccccc3c2)n1. The lowest BCUT2D eigenvalue weighted by atomic mass is 10.1. The van der Waals surface area contributed by atoms with Crippen LogP contribution in [-0.4, -0.2) is 30.9 Å². The highest BCUT2D eigenvalue weighted by Crippen LogP contribution is 2.15. The van der Waals surface area contributed by atoms with Gasteiger partial charge in [-0.15, -0.1) is 10.2 Å². The summed E-state index contributed by atoms with van der Waals surface area (Å²) in [4.78, 5) is 0. The van der Waals surface area contributed by atoms with Gasteiger partial charge in [-0.2, -0.15) is 14.9 Å². The molecule has 2 aromatic carbocycles. The Bertz CT molecular complexity index is 1040. The first-order chi connectivity index (χ1) is 11.7. The number of hydrogen-bond donors (Lipinski definition) is 0. The second-order valence-electron chi connectivity index (χ2n) is 5.67. The maximum absolute atomic E-state index is 4.48. The molecular formula is C18H16N6. The smallest absolute Gasteiger partial charge is 0.202 e. The number of fused-ring (bicyclic) bond motifs is 1. The minimum absolute atomic E-state index is 0.567. The molecule has 0 aliphatic heterocycles. The first-order valence-electron chi connectivity index (χ1n) is 7.67. The van der Waals surface area contributed by atoms with E-state index < -0.39 is 0 Å². The molecule has 0 N–H and O–H groups in total. The summed E-state index contributed by atoms with van der Waals surface area (Å²) >= 11 is 0. The van der Waals surface area contributed by atoms with E-state index in [0.717, 1.165) is 17.0 Å². The van der Waals surface area contributed by atoms with E-state index in [-0.39, 0.29) is 0 Å². The molecule has 6 nitrogen and oxygen atoms in total. The zero-order valence-corrected chi connectivity index (χ0v) is 13.5. The van der Waals surface area contributed by atoms with Crippen molar-refractivity contribution in [3.63, 3.8) is 0 Å². The fourth-order valence-electron chi connectivity index (χ4n) is 2.69. The summed E-state index contributed by atoms with van der Waals surface area (Å²) in [6.45, 7) is 3.93. The number of hydrogen-bond acceptors (Lipinski definition) is 4. The molecule has 0 amide bonds. The van der Waals surface area contributed by atoms with Crippen molar-refractivity contribution in [1.29, 1.82) is 0 Å². The van der Waals surface area contributed by atoms with Gasteiger partial charge >= 0.3 is 0 Å². The van der Waals surface area contributed by atoms with Gasteiger partial charge in [0, 0.05) is 5.69 Å². The quantitative estimate of drug-likeness (QED) is 0.546. The van der Waals surface area contributed by atoms with Gasteiger partial charge in [-0.1, -0.05) is 36.4 Å². The van der Waals surface area contributed by atoms with Crippen LogP contribution in [0.4, 0.5) is 0 Å². The Morgan fingerprint density at radius 2 is 1.83 bits per heavy atom. The number of aromatic nitrogens is 5. The van der Waals surface area contributed by atoms with Crippen molar-refractivity contribution >= 4 is 17.0 Å². The average Bonchev–Trinajstić information content (AvgIpc) is 3.18. The molecule has 24 heavy (non-hydrogen) atoms. The molecule has 0 radical (unpaired) electrons. The van der Waals surface area contributed by atoms with Gasteiger partial charge in [-0.05, 0) is 42.3 Å². The molecule has 0 fully saturated rings. The van der Waals surface area contributed by atoms with Gasteiger partial charge < -0.3 is 0 Å². The number of benzene rings is 2. The summed E-state index contributed by atoms with van der Waals surface area (Å²) < 4.78 is 3.36. The molecule has 2 aromatic heterocycles. The zero-order valence-electron chi connectivity index (χ0n) is 13.5. The van der Waals surface area contributed by atoms with Crippen molar-refractivity contribution in [2.24, 2.45) is 5.10 Å². The van der Waals surface area contributed by atoms with Crippen molar-refractivity contribution in [3.8, 4) is 5.95 Å². The van der Waals surface area contributed by atoms with Crippen molar-refractivity contribution in [2.75, 3.05) is 0 Å². The van der Waals surface area contributed by atoms with Crippen LogP contribution in [0.25, 0.3) is 16.7 Å². The summed E-state index contributed by atoms with van der Waals surface area (Å²) in [6, 6.07) is 16.5. The summed E-state index contributed by atoms with van der Waals surface area (Å²) in [5.41, 5.74) is 2.94. The fourth-order valence-corrected chi connectivity index (χ4v) is 2.69. The van der Waals surface area contributed by atoms with Gasteiger partial charge in [-0.3, -0.25) is 0 Å². The van der Waals surface area contributed by atoms with Crippen molar-refractivity contribution < 1.29 is 0 Å². The Labute approximate surface area is 139 Å². The number of nitrogens with zero attached hydrogens (tertiary/aromatic N) is 6. The highest BCUT2D eigenvalue weighted by atomic mass is 15.5. The third-order valence-electron chi connectivity index (χ3n) is 3.82. The van der Waals surface area contributed by atoms with Crippen molar-refractivity contribution in [3.05, 3.63) is 71.8 Å². The maximum Gasteiger partial charge on any atom is 0.273 e. The van der Waals surface area contributed by atoms with Crippen LogP contribution in [0.1, 0.15) is 17.0 Å². The molecule has 118 valence electrons. The average molecular weight is 316 g/mol. The lowest BCUT2D eigenvalue weighted by Crippen LogP contribution is -2.06. The van der Waals surface area contributed by atoms with Crippen LogP contribution < -0.4 is 0 Å². The Kier molecular flexibility index (Phi) is 3.42. The minimum atomic E-state index is 0.567. The largest absolute Gasteiger partial charge is 0.273 e. The van der Waals surface area contributed by atoms with Crippen LogP contribution in [0.2, 0.25) is 0 Å². The molecule has 6 heteroatoms. The first-order valence-corrected chi connectivity index (χ1v) is 7.67. The van der Waals surface area contributed by atoms with Gasteiger partial charge in [0.2, 0.25) is 0 Å². The van der Waals surface area contributed by atoms with E-state index in [2.05, 4.69) is 44.7 Å². The maximum atomic E-state index is 4.48. The molecule has 0 aliphatic rings. The van der Waals surface area contributed by atoms with E-state index in [1.165, 1.54) is 10.8 Å². The van der Waals surface area contributed by atoms with E-state index in [0.29, 0.717) is 5.95 Å². The Morgan fingerprint density at radius 3 is 2.62 bits per heavy atom. The Balaban J connectivity index is 1.69. The van der Waals surface area contributed by atoms with Gasteiger partial charge in [0.25, 0.3) is 5.95 Å². The molecule has 0 spiro atoms.